The van der Waals surface area contributed by atoms with Crippen molar-refractivity contribution in [2.75, 3.05) is 6.54 Å². The van der Waals surface area contributed by atoms with E-state index in [1.165, 1.54) is 32.1 Å². The van der Waals surface area contributed by atoms with Gasteiger partial charge in [0.05, 0.1) is 5.54 Å². The number of nitrogens with one attached hydrogen (secondary N) is 1. The van der Waals surface area contributed by atoms with Crippen LogP contribution in [0.5, 0.6) is 0 Å². The van der Waals surface area contributed by atoms with Crippen LogP contribution in [0, 0.1) is 11.3 Å². The van der Waals surface area contributed by atoms with E-state index in [9.17, 15) is 4.79 Å². The lowest BCUT2D eigenvalue weighted by Crippen LogP contribution is -2.58. The van der Waals surface area contributed by atoms with E-state index >= 15 is 0 Å². The van der Waals surface area contributed by atoms with Gasteiger partial charge in [-0.1, -0.05) is 46.0 Å². The fourth-order valence-electron chi connectivity index (χ4n) is 4.34. The Bertz CT molecular complexity index is 326. The summed E-state index contributed by atoms with van der Waals surface area (Å²) in [5, 5.41) is 3.41. The molecule has 0 unspecified atom stereocenters. The van der Waals surface area contributed by atoms with Gasteiger partial charge in [0.15, 0.2) is 0 Å². The van der Waals surface area contributed by atoms with Crippen molar-refractivity contribution in [1.29, 1.82) is 0 Å². The molecule has 2 aliphatic rings. The molecule has 0 atom stereocenters. The second kappa shape index (κ2) is 6.46. The highest BCUT2D eigenvalue weighted by molar-refractivity contribution is 5.83. The van der Waals surface area contributed by atoms with Gasteiger partial charge in [-0.3, -0.25) is 4.79 Å². The zero-order valence-corrected chi connectivity index (χ0v) is 13.3. The second-order valence-corrected chi connectivity index (χ2v) is 7.58. The minimum Gasteiger partial charge on any atom is -0.349 e. The van der Waals surface area contributed by atoms with E-state index in [-0.39, 0.29) is 11.0 Å². The molecule has 116 valence electrons. The summed E-state index contributed by atoms with van der Waals surface area (Å²) in [6.45, 7) is 5.05. The Morgan fingerprint density at radius 2 is 1.60 bits per heavy atom. The lowest BCUT2D eigenvalue weighted by atomic mass is 9.75. The van der Waals surface area contributed by atoms with E-state index in [2.05, 4.69) is 19.2 Å². The normalized spacial score (nSPS) is 24.8. The molecule has 0 aromatic rings. The average Bonchev–Trinajstić information content (AvgIpc) is 2.89. The lowest BCUT2D eigenvalue weighted by Gasteiger charge is -2.41. The zero-order chi connectivity index (χ0) is 14.6. The average molecular weight is 280 g/mol. The molecule has 0 aromatic carbocycles. The van der Waals surface area contributed by atoms with Crippen molar-refractivity contribution in [3.05, 3.63) is 0 Å². The number of amides is 1. The maximum Gasteiger partial charge on any atom is 0.226 e. The molecule has 0 saturated heterocycles. The van der Waals surface area contributed by atoms with E-state index in [1.54, 1.807) is 0 Å². The largest absolute Gasteiger partial charge is 0.349 e. The minimum atomic E-state index is -0.109. The molecule has 3 nitrogen and oxygen atoms in total. The summed E-state index contributed by atoms with van der Waals surface area (Å²) in [7, 11) is 0. The van der Waals surface area contributed by atoms with Gasteiger partial charge in [0.25, 0.3) is 0 Å². The van der Waals surface area contributed by atoms with Gasteiger partial charge in [-0.15, -0.1) is 0 Å². The molecule has 3 N–H and O–H groups in total. The molecule has 0 aromatic heterocycles. The van der Waals surface area contributed by atoms with Gasteiger partial charge in [0.2, 0.25) is 5.91 Å². The number of hydrogen-bond acceptors (Lipinski definition) is 2. The van der Waals surface area contributed by atoms with Crippen molar-refractivity contribution in [3.63, 3.8) is 0 Å². The molecule has 2 aliphatic carbocycles. The van der Waals surface area contributed by atoms with Crippen LogP contribution < -0.4 is 11.1 Å². The predicted molar refractivity (Wildman–Crippen MR) is 83.4 cm³/mol. The number of hydrogen-bond donors (Lipinski definition) is 2. The molecule has 20 heavy (non-hydrogen) atoms. The molecule has 3 heteroatoms. The van der Waals surface area contributed by atoms with Crippen molar-refractivity contribution in [1.82, 2.24) is 5.32 Å². The first kappa shape index (κ1) is 15.8. The second-order valence-electron chi connectivity index (χ2n) is 7.58. The van der Waals surface area contributed by atoms with Gasteiger partial charge in [0.1, 0.15) is 0 Å². The van der Waals surface area contributed by atoms with Crippen molar-refractivity contribution in [2.45, 2.75) is 83.6 Å². The summed E-state index contributed by atoms with van der Waals surface area (Å²) in [6, 6.07) is 0. The minimum absolute atomic E-state index is 0.103. The maximum atomic E-state index is 13.0. The van der Waals surface area contributed by atoms with Gasteiger partial charge < -0.3 is 11.1 Å². The molecule has 0 bridgehead atoms. The van der Waals surface area contributed by atoms with Crippen LogP contribution in [0.3, 0.4) is 0 Å². The maximum absolute atomic E-state index is 13.0. The van der Waals surface area contributed by atoms with Crippen LogP contribution in [-0.4, -0.2) is 18.0 Å². The third kappa shape index (κ3) is 3.36. The molecule has 2 rings (SSSR count). The molecule has 0 aliphatic heterocycles. The smallest absolute Gasteiger partial charge is 0.226 e. The van der Waals surface area contributed by atoms with Crippen molar-refractivity contribution >= 4 is 5.91 Å². The molecular weight excluding hydrogens is 248 g/mol. The van der Waals surface area contributed by atoms with Gasteiger partial charge >= 0.3 is 0 Å². The summed E-state index contributed by atoms with van der Waals surface area (Å²) < 4.78 is 0. The van der Waals surface area contributed by atoms with Crippen molar-refractivity contribution in [3.8, 4) is 0 Å². The molecular formula is C17H32N2O. The third-order valence-electron chi connectivity index (χ3n) is 5.42. The Morgan fingerprint density at radius 1 is 1.05 bits per heavy atom. The predicted octanol–water partition coefficient (Wildman–Crippen LogP) is 3.37. The summed E-state index contributed by atoms with van der Waals surface area (Å²) in [4.78, 5) is 13.0. The fraction of sp³-hybridized carbons (Fsp3) is 0.941. The van der Waals surface area contributed by atoms with Crippen LogP contribution in [0.4, 0.5) is 0 Å². The Hall–Kier alpha value is -0.570. The highest BCUT2D eigenvalue weighted by Gasteiger charge is 2.44. The zero-order valence-electron chi connectivity index (χ0n) is 13.3. The van der Waals surface area contributed by atoms with Crippen LogP contribution in [0.2, 0.25) is 0 Å². The van der Waals surface area contributed by atoms with Crippen LogP contribution in [0.25, 0.3) is 0 Å². The number of nitrogens with two attached hydrogens (primary N) is 1. The molecule has 0 heterocycles. The van der Waals surface area contributed by atoms with Crippen molar-refractivity contribution in [2.24, 2.45) is 17.1 Å². The van der Waals surface area contributed by atoms with E-state index in [0.717, 1.165) is 32.1 Å². The number of carbonyl (C=O) groups excluding carboxylic acids is 1. The lowest BCUT2D eigenvalue weighted by molar-refractivity contribution is -0.134. The summed E-state index contributed by atoms with van der Waals surface area (Å²) >= 11 is 0. The SMILES string of the molecule is CC(C)CC1(C(=O)NC2(CN)CCCCC2)CCCC1. The van der Waals surface area contributed by atoms with Gasteiger partial charge in [-0.25, -0.2) is 0 Å². The highest BCUT2D eigenvalue weighted by Crippen LogP contribution is 2.44. The van der Waals surface area contributed by atoms with Crippen LogP contribution in [0.15, 0.2) is 0 Å². The van der Waals surface area contributed by atoms with Crippen LogP contribution >= 0.6 is 0 Å². The molecule has 0 radical (unpaired) electrons. The Balaban J connectivity index is 2.07. The molecule has 2 fully saturated rings. The van der Waals surface area contributed by atoms with E-state index in [4.69, 9.17) is 5.73 Å². The fourth-order valence-corrected chi connectivity index (χ4v) is 4.34. The number of rotatable bonds is 5. The molecule has 1 amide bonds. The van der Waals surface area contributed by atoms with E-state index in [1.807, 2.05) is 0 Å². The van der Waals surface area contributed by atoms with Gasteiger partial charge in [-0.2, -0.15) is 0 Å². The van der Waals surface area contributed by atoms with Crippen molar-refractivity contribution < 1.29 is 4.79 Å². The van der Waals surface area contributed by atoms with Gasteiger partial charge in [0, 0.05) is 12.0 Å². The molecule has 2 saturated carbocycles. The monoisotopic (exact) mass is 280 g/mol. The van der Waals surface area contributed by atoms with E-state index < -0.39 is 0 Å². The molecule has 0 spiro atoms. The van der Waals surface area contributed by atoms with Gasteiger partial charge in [-0.05, 0) is 38.0 Å². The Labute approximate surface area is 124 Å². The summed E-state index contributed by atoms with van der Waals surface area (Å²) in [5.41, 5.74) is 5.80. The summed E-state index contributed by atoms with van der Waals surface area (Å²) in [6.07, 6.45) is 11.4. The third-order valence-corrected chi connectivity index (χ3v) is 5.42. The van der Waals surface area contributed by atoms with Crippen LogP contribution in [-0.2, 0) is 4.79 Å². The number of carbonyl (C=O) groups is 1. The Kier molecular flexibility index (Phi) is 5.11. The Morgan fingerprint density at radius 3 is 2.10 bits per heavy atom. The highest BCUT2D eigenvalue weighted by atomic mass is 16.2. The summed E-state index contributed by atoms with van der Waals surface area (Å²) in [5.74, 6) is 0.884. The standard InChI is InChI=1S/C17H32N2O/c1-14(2)12-16(8-6-7-9-16)15(20)19-17(13-18)10-4-3-5-11-17/h14H,3-13,18H2,1-2H3,(H,19,20). The first-order valence-electron chi connectivity index (χ1n) is 8.55. The van der Waals surface area contributed by atoms with E-state index in [0.29, 0.717) is 18.4 Å². The topological polar surface area (TPSA) is 55.1 Å². The quantitative estimate of drug-likeness (QED) is 0.811. The first-order chi connectivity index (χ1) is 9.52. The van der Waals surface area contributed by atoms with Crippen LogP contribution in [0.1, 0.15) is 78.1 Å². The first-order valence-corrected chi connectivity index (χ1v) is 8.55.